The van der Waals surface area contributed by atoms with Crippen LogP contribution in [0.5, 0.6) is 5.75 Å². The molecule has 1 aromatic carbocycles. The Morgan fingerprint density at radius 1 is 1.40 bits per heavy atom. The van der Waals surface area contributed by atoms with Crippen molar-refractivity contribution in [1.82, 2.24) is 0 Å². The third-order valence-electron chi connectivity index (χ3n) is 1.76. The van der Waals surface area contributed by atoms with Crippen LogP contribution in [0, 0.1) is 10.1 Å². The lowest BCUT2D eigenvalue weighted by Gasteiger charge is -2.03. The van der Waals surface area contributed by atoms with Gasteiger partial charge in [0.15, 0.2) is 9.84 Å². The van der Waals surface area contributed by atoms with E-state index in [1.54, 1.807) is 0 Å². The number of nitro benzene ring substituents is 1. The molecule has 0 aromatic heterocycles. The maximum atomic E-state index is 11.2. The van der Waals surface area contributed by atoms with Crippen molar-refractivity contribution >= 4 is 15.5 Å². The Kier molecular flexibility index (Phi) is 2.94. The molecule has 15 heavy (non-hydrogen) atoms. The number of nitro groups is 1. The molecule has 0 atom stereocenters. The van der Waals surface area contributed by atoms with E-state index >= 15 is 0 Å². The molecule has 82 valence electrons. The third-order valence-corrected chi connectivity index (χ3v) is 2.91. The molecule has 0 saturated heterocycles. The van der Waals surface area contributed by atoms with Gasteiger partial charge in [0.2, 0.25) is 0 Å². The van der Waals surface area contributed by atoms with Crippen LogP contribution in [0.3, 0.4) is 0 Å². The van der Waals surface area contributed by atoms with Crippen LogP contribution in [0.15, 0.2) is 23.1 Å². The Morgan fingerprint density at radius 3 is 2.40 bits per heavy atom. The van der Waals surface area contributed by atoms with Gasteiger partial charge in [0.25, 0.3) is 5.69 Å². The molecule has 6 nitrogen and oxygen atoms in total. The maximum absolute atomic E-state index is 11.2. The van der Waals surface area contributed by atoms with Crippen LogP contribution in [0.2, 0.25) is 0 Å². The minimum Gasteiger partial charge on any atom is -0.497 e. The molecule has 0 amide bonds. The van der Waals surface area contributed by atoms with E-state index in [2.05, 4.69) is 0 Å². The fourth-order valence-corrected chi connectivity index (χ4v) is 1.91. The van der Waals surface area contributed by atoms with Crippen LogP contribution in [-0.2, 0) is 9.84 Å². The number of sulfone groups is 1. The highest BCUT2D eigenvalue weighted by atomic mass is 32.2. The number of hydrogen-bond donors (Lipinski definition) is 0. The van der Waals surface area contributed by atoms with Gasteiger partial charge in [-0.1, -0.05) is 0 Å². The van der Waals surface area contributed by atoms with Gasteiger partial charge in [-0.3, -0.25) is 10.1 Å². The quantitative estimate of drug-likeness (QED) is 0.572. The van der Waals surface area contributed by atoms with Crippen molar-refractivity contribution in [1.29, 1.82) is 0 Å². The first kappa shape index (κ1) is 11.4. The molecule has 0 N–H and O–H groups in total. The van der Waals surface area contributed by atoms with Crippen molar-refractivity contribution in [3.8, 4) is 5.75 Å². The number of ether oxygens (including phenoxy) is 1. The zero-order chi connectivity index (χ0) is 11.6. The van der Waals surface area contributed by atoms with Gasteiger partial charge in [-0.15, -0.1) is 0 Å². The number of benzene rings is 1. The average Bonchev–Trinajstić information content (AvgIpc) is 2.15. The molecular weight excluding hydrogens is 222 g/mol. The monoisotopic (exact) mass is 231 g/mol. The molecule has 0 radical (unpaired) electrons. The van der Waals surface area contributed by atoms with Gasteiger partial charge >= 0.3 is 0 Å². The van der Waals surface area contributed by atoms with E-state index in [-0.39, 0.29) is 10.6 Å². The van der Waals surface area contributed by atoms with Crippen LogP contribution >= 0.6 is 0 Å². The number of nitrogens with zero attached hydrogens (tertiary/aromatic N) is 1. The number of hydrogen-bond acceptors (Lipinski definition) is 5. The fraction of sp³-hybridized carbons (Fsp3) is 0.250. The normalized spacial score (nSPS) is 11.1. The lowest BCUT2D eigenvalue weighted by atomic mass is 10.3. The average molecular weight is 231 g/mol. The highest BCUT2D eigenvalue weighted by Gasteiger charge is 2.22. The summed E-state index contributed by atoms with van der Waals surface area (Å²) in [7, 11) is -2.25. The van der Waals surface area contributed by atoms with E-state index in [0.717, 1.165) is 18.4 Å². The molecule has 0 spiro atoms. The van der Waals surface area contributed by atoms with Crippen LogP contribution in [0.25, 0.3) is 0 Å². The van der Waals surface area contributed by atoms with Crippen LogP contribution in [0.1, 0.15) is 0 Å². The summed E-state index contributed by atoms with van der Waals surface area (Å²) in [5, 5.41) is 10.6. The van der Waals surface area contributed by atoms with E-state index in [1.807, 2.05) is 0 Å². The third kappa shape index (κ3) is 2.44. The summed E-state index contributed by atoms with van der Waals surface area (Å²) in [4.78, 5) is 9.56. The molecule has 1 rings (SSSR count). The van der Waals surface area contributed by atoms with Gasteiger partial charge in [0, 0.05) is 6.26 Å². The maximum Gasteiger partial charge on any atom is 0.291 e. The molecule has 0 aliphatic rings. The lowest BCUT2D eigenvalue weighted by Crippen LogP contribution is -2.02. The zero-order valence-corrected chi connectivity index (χ0v) is 8.95. The van der Waals surface area contributed by atoms with Gasteiger partial charge in [-0.25, -0.2) is 8.42 Å². The summed E-state index contributed by atoms with van der Waals surface area (Å²) < 4.78 is 27.2. The second-order valence-electron chi connectivity index (χ2n) is 2.86. The standard InChI is InChI=1S/C8H9NO5S/c1-14-6-3-4-8(15(2,12)13)7(5-6)9(10)11/h3-5H,1-2H3. The molecule has 0 unspecified atom stereocenters. The van der Waals surface area contributed by atoms with Crippen molar-refractivity contribution in [2.24, 2.45) is 0 Å². The van der Waals surface area contributed by atoms with E-state index in [0.29, 0.717) is 0 Å². The Morgan fingerprint density at radius 2 is 2.00 bits per heavy atom. The highest BCUT2D eigenvalue weighted by Crippen LogP contribution is 2.27. The van der Waals surface area contributed by atoms with Crippen LogP contribution in [-0.4, -0.2) is 26.7 Å². The van der Waals surface area contributed by atoms with Crippen molar-refractivity contribution < 1.29 is 18.1 Å². The summed E-state index contributed by atoms with van der Waals surface area (Å²) in [6.07, 6.45) is 0.918. The second kappa shape index (κ2) is 3.85. The molecule has 0 fully saturated rings. The van der Waals surface area contributed by atoms with E-state index < -0.39 is 20.4 Å². The zero-order valence-electron chi connectivity index (χ0n) is 8.13. The summed E-state index contributed by atoms with van der Waals surface area (Å²) in [6, 6.07) is 3.60. The van der Waals surface area contributed by atoms with Gasteiger partial charge < -0.3 is 4.74 Å². The Bertz CT molecular complexity index is 494. The summed E-state index contributed by atoms with van der Waals surface area (Å²) in [5.41, 5.74) is -0.475. The first-order valence-electron chi connectivity index (χ1n) is 3.88. The second-order valence-corrected chi connectivity index (χ2v) is 4.85. The summed E-state index contributed by atoms with van der Waals surface area (Å²) in [5.74, 6) is 0.245. The molecule has 0 aliphatic carbocycles. The van der Waals surface area contributed by atoms with Crippen molar-refractivity contribution in [3.63, 3.8) is 0 Å². The topological polar surface area (TPSA) is 86.5 Å². The van der Waals surface area contributed by atoms with Gasteiger partial charge in [0.05, 0.1) is 18.1 Å². The number of methoxy groups -OCH3 is 1. The largest absolute Gasteiger partial charge is 0.497 e. The van der Waals surface area contributed by atoms with Crippen molar-refractivity contribution in [2.45, 2.75) is 4.90 Å². The van der Waals surface area contributed by atoms with E-state index in [9.17, 15) is 18.5 Å². The summed E-state index contributed by atoms with van der Waals surface area (Å²) in [6.45, 7) is 0. The minimum absolute atomic E-state index is 0.245. The fourth-order valence-electron chi connectivity index (χ4n) is 1.08. The molecule has 0 bridgehead atoms. The Balaban J connectivity index is 3.48. The summed E-state index contributed by atoms with van der Waals surface area (Å²) >= 11 is 0. The molecule has 0 saturated carbocycles. The van der Waals surface area contributed by atoms with Crippen molar-refractivity contribution in [3.05, 3.63) is 28.3 Å². The van der Waals surface area contributed by atoms with Crippen LogP contribution < -0.4 is 4.74 Å². The van der Waals surface area contributed by atoms with Gasteiger partial charge in [0.1, 0.15) is 10.6 Å². The Hall–Kier alpha value is -1.63. The smallest absolute Gasteiger partial charge is 0.291 e. The van der Waals surface area contributed by atoms with E-state index in [1.165, 1.54) is 13.2 Å². The number of rotatable bonds is 3. The molecule has 0 aliphatic heterocycles. The predicted octanol–water partition coefficient (Wildman–Crippen LogP) is 1.01. The lowest BCUT2D eigenvalue weighted by molar-refractivity contribution is -0.387. The van der Waals surface area contributed by atoms with Gasteiger partial charge in [-0.2, -0.15) is 0 Å². The molecular formula is C8H9NO5S. The predicted molar refractivity (Wildman–Crippen MR) is 52.8 cm³/mol. The van der Waals surface area contributed by atoms with Crippen LogP contribution in [0.4, 0.5) is 5.69 Å². The molecule has 1 aromatic rings. The minimum atomic E-state index is -3.60. The van der Waals surface area contributed by atoms with Crippen molar-refractivity contribution in [2.75, 3.05) is 13.4 Å². The SMILES string of the molecule is COc1ccc(S(C)(=O)=O)c([N+](=O)[O-])c1. The molecule has 0 heterocycles. The highest BCUT2D eigenvalue weighted by molar-refractivity contribution is 7.90. The first-order valence-corrected chi connectivity index (χ1v) is 5.78. The van der Waals surface area contributed by atoms with E-state index in [4.69, 9.17) is 4.74 Å². The first-order chi connectivity index (χ1) is 6.86. The van der Waals surface area contributed by atoms with Gasteiger partial charge in [-0.05, 0) is 12.1 Å². The Labute approximate surface area is 86.6 Å². The molecule has 7 heteroatoms.